The number of H-pyrrole nitrogens is 1. The fourth-order valence-electron chi connectivity index (χ4n) is 3.01. The Kier molecular flexibility index (Phi) is 5.03. The maximum atomic E-state index is 12.4. The molecular weight excluding hydrogens is 378 g/mol. The number of nitrogens with one attached hydrogen (secondary N) is 2. The largest absolute Gasteiger partial charge is 0.465 e. The summed E-state index contributed by atoms with van der Waals surface area (Å²) in [6.07, 6.45) is 5.56. The topological polar surface area (TPSA) is 95.4 Å². The summed E-state index contributed by atoms with van der Waals surface area (Å²) in [6.45, 7) is 0.118. The molecule has 2 aromatic heterocycles. The predicted octanol–water partition coefficient (Wildman–Crippen LogP) is 3.16. The molecule has 7 nitrogen and oxygen atoms in total. The lowest BCUT2D eigenvalue weighted by atomic mass is 10.1. The van der Waals surface area contributed by atoms with Gasteiger partial charge in [-0.3, -0.25) is 19.3 Å². The van der Waals surface area contributed by atoms with Gasteiger partial charge < -0.3 is 14.7 Å². The van der Waals surface area contributed by atoms with Crippen molar-refractivity contribution in [3.8, 4) is 0 Å². The molecule has 142 valence electrons. The number of carbonyl (C=O) groups is 3. The van der Waals surface area contributed by atoms with Gasteiger partial charge in [0, 0.05) is 29.7 Å². The van der Waals surface area contributed by atoms with Crippen molar-refractivity contribution >= 4 is 45.8 Å². The third-order valence-corrected chi connectivity index (χ3v) is 5.29. The van der Waals surface area contributed by atoms with Gasteiger partial charge in [0.2, 0.25) is 5.91 Å². The van der Waals surface area contributed by atoms with Crippen molar-refractivity contribution in [3.63, 3.8) is 0 Å². The molecule has 0 saturated carbocycles. The van der Waals surface area contributed by atoms with E-state index in [9.17, 15) is 14.4 Å². The van der Waals surface area contributed by atoms with Crippen LogP contribution in [0.2, 0.25) is 0 Å². The van der Waals surface area contributed by atoms with Gasteiger partial charge in [0.05, 0.1) is 11.2 Å². The standard InChI is InChI=1S/C20H17N3O4S/c24-18(21-8-7-13-11-22-16-6-2-1-5-15(13)16)12-23-19(25)17(28-20(23)26)10-14-4-3-9-27-14/h1-6,9-11,22H,7-8,12H2,(H,21,24). The van der Waals surface area contributed by atoms with Crippen LogP contribution in [0.15, 0.2) is 58.2 Å². The second-order valence-electron chi connectivity index (χ2n) is 6.24. The Morgan fingerprint density at radius 3 is 2.89 bits per heavy atom. The molecule has 1 aromatic carbocycles. The van der Waals surface area contributed by atoms with Crippen molar-refractivity contribution in [2.45, 2.75) is 6.42 Å². The van der Waals surface area contributed by atoms with E-state index in [0.717, 1.165) is 33.1 Å². The minimum atomic E-state index is -0.488. The molecule has 0 atom stereocenters. The Labute approximate surface area is 164 Å². The summed E-state index contributed by atoms with van der Waals surface area (Å²) in [5, 5.41) is 3.42. The summed E-state index contributed by atoms with van der Waals surface area (Å²) >= 11 is 0.800. The molecule has 0 unspecified atom stereocenters. The second-order valence-corrected chi connectivity index (χ2v) is 7.24. The SMILES string of the molecule is O=C(CN1C(=O)SC(=Cc2ccco2)C1=O)NCCc1c[nH]c2ccccc12. The molecule has 8 heteroatoms. The average molecular weight is 395 g/mol. The molecule has 1 aliphatic rings. The Balaban J connectivity index is 1.32. The maximum absolute atomic E-state index is 12.4. The quantitative estimate of drug-likeness (QED) is 0.625. The number of aromatic nitrogens is 1. The van der Waals surface area contributed by atoms with E-state index in [1.165, 1.54) is 12.3 Å². The number of benzene rings is 1. The molecule has 1 fully saturated rings. The van der Waals surface area contributed by atoms with Crippen molar-refractivity contribution < 1.29 is 18.8 Å². The highest BCUT2D eigenvalue weighted by atomic mass is 32.2. The fraction of sp³-hybridized carbons (Fsp3) is 0.150. The van der Waals surface area contributed by atoms with E-state index in [2.05, 4.69) is 10.3 Å². The van der Waals surface area contributed by atoms with Crippen LogP contribution in [0.1, 0.15) is 11.3 Å². The van der Waals surface area contributed by atoms with Crippen molar-refractivity contribution in [1.29, 1.82) is 0 Å². The molecule has 3 aromatic rings. The van der Waals surface area contributed by atoms with Crippen molar-refractivity contribution in [1.82, 2.24) is 15.2 Å². The predicted molar refractivity (Wildman–Crippen MR) is 106 cm³/mol. The molecule has 2 N–H and O–H groups in total. The van der Waals surface area contributed by atoms with E-state index in [1.54, 1.807) is 12.1 Å². The number of imide groups is 1. The number of aromatic amines is 1. The first-order valence-electron chi connectivity index (χ1n) is 8.72. The molecule has 0 radical (unpaired) electrons. The van der Waals surface area contributed by atoms with Crippen LogP contribution in [-0.4, -0.2) is 40.0 Å². The van der Waals surface area contributed by atoms with Crippen LogP contribution in [0, 0.1) is 0 Å². The van der Waals surface area contributed by atoms with Gasteiger partial charge in [0.15, 0.2) is 0 Å². The van der Waals surface area contributed by atoms with Crippen LogP contribution in [-0.2, 0) is 16.0 Å². The summed E-state index contributed by atoms with van der Waals surface area (Å²) in [5.41, 5.74) is 2.15. The van der Waals surface area contributed by atoms with Gasteiger partial charge in [0.1, 0.15) is 12.3 Å². The Morgan fingerprint density at radius 1 is 1.21 bits per heavy atom. The zero-order valence-electron chi connectivity index (χ0n) is 14.8. The summed E-state index contributed by atoms with van der Waals surface area (Å²) in [7, 11) is 0. The van der Waals surface area contributed by atoms with Crippen molar-refractivity contribution in [2.75, 3.05) is 13.1 Å². The number of para-hydroxylation sites is 1. The number of fused-ring (bicyclic) bond motifs is 1. The smallest absolute Gasteiger partial charge is 0.294 e. The van der Waals surface area contributed by atoms with Gasteiger partial charge in [-0.15, -0.1) is 0 Å². The highest BCUT2D eigenvalue weighted by Gasteiger charge is 2.36. The summed E-state index contributed by atoms with van der Waals surface area (Å²) in [6, 6.07) is 11.3. The first-order chi connectivity index (χ1) is 13.6. The first-order valence-corrected chi connectivity index (χ1v) is 9.54. The first kappa shape index (κ1) is 18.1. The minimum absolute atomic E-state index is 0.242. The minimum Gasteiger partial charge on any atom is -0.465 e. The molecule has 0 spiro atoms. The van der Waals surface area contributed by atoms with Crippen molar-refractivity contribution in [2.24, 2.45) is 0 Å². The summed E-state index contributed by atoms with van der Waals surface area (Å²) in [4.78, 5) is 41.0. The van der Waals surface area contributed by atoms with E-state index in [0.29, 0.717) is 18.7 Å². The van der Waals surface area contributed by atoms with Gasteiger partial charge in [-0.1, -0.05) is 18.2 Å². The van der Waals surface area contributed by atoms with Crippen LogP contribution in [0.25, 0.3) is 17.0 Å². The number of amides is 3. The zero-order valence-corrected chi connectivity index (χ0v) is 15.6. The number of carbonyl (C=O) groups excluding carboxylic acids is 3. The normalized spacial score (nSPS) is 15.7. The van der Waals surface area contributed by atoms with Crippen LogP contribution >= 0.6 is 11.8 Å². The maximum Gasteiger partial charge on any atom is 0.294 e. The van der Waals surface area contributed by atoms with Gasteiger partial charge >= 0.3 is 0 Å². The number of hydrogen-bond donors (Lipinski definition) is 2. The lowest BCUT2D eigenvalue weighted by molar-refractivity contribution is -0.129. The van der Waals surface area contributed by atoms with E-state index in [4.69, 9.17) is 4.42 Å². The molecule has 28 heavy (non-hydrogen) atoms. The highest BCUT2D eigenvalue weighted by molar-refractivity contribution is 8.18. The van der Waals surface area contributed by atoms with E-state index >= 15 is 0 Å². The Morgan fingerprint density at radius 2 is 2.07 bits per heavy atom. The fourth-order valence-corrected chi connectivity index (χ4v) is 3.83. The van der Waals surface area contributed by atoms with Gasteiger partial charge in [-0.05, 0) is 41.9 Å². The lowest BCUT2D eigenvalue weighted by Crippen LogP contribution is -2.40. The van der Waals surface area contributed by atoms with E-state index in [-0.39, 0.29) is 17.4 Å². The summed E-state index contributed by atoms with van der Waals surface area (Å²) in [5.74, 6) is -0.381. The molecule has 1 saturated heterocycles. The van der Waals surface area contributed by atoms with Crippen LogP contribution in [0.5, 0.6) is 0 Å². The number of thioether (sulfide) groups is 1. The number of nitrogens with zero attached hydrogens (tertiary/aromatic N) is 1. The molecule has 0 aliphatic carbocycles. The van der Waals surface area contributed by atoms with Gasteiger partial charge in [0.25, 0.3) is 11.1 Å². The summed E-state index contributed by atoms with van der Waals surface area (Å²) < 4.78 is 5.16. The number of hydrogen-bond acceptors (Lipinski definition) is 5. The number of rotatable bonds is 6. The Hall–Kier alpha value is -3.26. The second kappa shape index (κ2) is 7.77. The van der Waals surface area contributed by atoms with E-state index in [1.807, 2.05) is 30.5 Å². The lowest BCUT2D eigenvalue weighted by Gasteiger charge is -2.12. The number of furan rings is 1. The molecular formula is C20H17N3O4S. The van der Waals surface area contributed by atoms with Crippen molar-refractivity contribution in [3.05, 3.63) is 65.1 Å². The third-order valence-electron chi connectivity index (χ3n) is 4.38. The van der Waals surface area contributed by atoms with E-state index < -0.39 is 11.1 Å². The Bertz CT molecular complexity index is 1070. The van der Waals surface area contributed by atoms with Crippen LogP contribution in [0.4, 0.5) is 4.79 Å². The molecule has 4 rings (SSSR count). The van der Waals surface area contributed by atoms with Gasteiger partial charge in [-0.25, -0.2) is 0 Å². The monoisotopic (exact) mass is 395 g/mol. The average Bonchev–Trinajstić information content (AvgIpc) is 3.40. The van der Waals surface area contributed by atoms with Gasteiger partial charge in [-0.2, -0.15) is 0 Å². The zero-order chi connectivity index (χ0) is 19.5. The molecule has 3 amide bonds. The molecule has 3 heterocycles. The third kappa shape index (κ3) is 3.72. The van der Waals surface area contributed by atoms with Crippen LogP contribution < -0.4 is 5.32 Å². The highest BCUT2D eigenvalue weighted by Crippen LogP contribution is 2.32. The van der Waals surface area contributed by atoms with Crippen LogP contribution in [0.3, 0.4) is 0 Å². The molecule has 0 bridgehead atoms. The molecule has 1 aliphatic heterocycles.